The largest absolute Gasteiger partial charge is 0.471 e. The predicted octanol–water partition coefficient (Wildman–Crippen LogP) is -0.0750. The van der Waals surface area contributed by atoms with Gasteiger partial charge in [-0.1, -0.05) is 0 Å². The number of halogens is 3. The number of carbonyl (C=O) groups excluding carboxylic acids is 2. The summed E-state index contributed by atoms with van der Waals surface area (Å²) < 4.78 is 36.0. The molecular formula is C8H11F3N2O2. The molecule has 1 aliphatic heterocycles. The van der Waals surface area contributed by atoms with E-state index in [4.69, 9.17) is 5.73 Å². The predicted molar refractivity (Wildman–Crippen MR) is 44.8 cm³/mol. The van der Waals surface area contributed by atoms with Crippen LogP contribution >= 0.6 is 0 Å². The summed E-state index contributed by atoms with van der Waals surface area (Å²) in [4.78, 5) is 22.5. The maximum atomic E-state index is 12.0. The van der Waals surface area contributed by atoms with Gasteiger partial charge in [0.05, 0.1) is 6.54 Å². The highest BCUT2D eigenvalue weighted by Gasteiger charge is 2.45. The first-order valence-corrected chi connectivity index (χ1v) is 4.45. The number of Topliss-reactive ketones (excluding diaryl/α,β-unsaturated/α-hetero) is 1. The Bertz CT molecular complexity index is 278. The SMILES string of the molecule is NCC(=O)C1CCN(C(=O)C(F)(F)F)C1. The van der Waals surface area contributed by atoms with Crippen LogP contribution in [0.4, 0.5) is 13.2 Å². The number of ketones is 1. The molecule has 7 heteroatoms. The molecule has 1 amide bonds. The molecule has 2 N–H and O–H groups in total. The molecular weight excluding hydrogens is 213 g/mol. The number of nitrogens with two attached hydrogens (primary N) is 1. The minimum absolute atomic E-state index is 0.0330. The van der Waals surface area contributed by atoms with Crippen LogP contribution in [0.15, 0.2) is 0 Å². The molecule has 1 fully saturated rings. The monoisotopic (exact) mass is 224 g/mol. The number of alkyl halides is 3. The van der Waals surface area contributed by atoms with Gasteiger partial charge in [-0.25, -0.2) is 0 Å². The van der Waals surface area contributed by atoms with E-state index in [2.05, 4.69) is 0 Å². The van der Waals surface area contributed by atoms with Crippen LogP contribution in [-0.4, -0.2) is 42.4 Å². The van der Waals surface area contributed by atoms with Crippen LogP contribution in [0.2, 0.25) is 0 Å². The van der Waals surface area contributed by atoms with Crippen molar-refractivity contribution >= 4 is 11.7 Å². The molecule has 0 spiro atoms. The van der Waals surface area contributed by atoms with Gasteiger partial charge in [-0.15, -0.1) is 0 Å². The van der Waals surface area contributed by atoms with Crippen molar-refractivity contribution in [2.24, 2.45) is 11.7 Å². The van der Waals surface area contributed by atoms with Gasteiger partial charge in [0.2, 0.25) is 0 Å². The Morgan fingerprint density at radius 1 is 1.40 bits per heavy atom. The van der Waals surface area contributed by atoms with Gasteiger partial charge in [0.1, 0.15) is 0 Å². The molecule has 1 heterocycles. The Labute approximate surface area is 84.2 Å². The van der Waals surface area contributed by atoms with Gasteiger partial charge in [-0.2, -0.15) is 13.2 Å². The van der Waals surface area contributed by atoms with Crippen molar-refractivity contribution in [1.82, 2.24) is 4.90 Å². The van der Waals surface area contributed by atoms with Crippen LogP contribution in [0.25, 0.3) is 0 Å². The van der Waals surface area contributed by atoms with E-state index >= 15 is 0 Å². The normalized spacial score (nSPS) is 21.9. The van der Waals surface area contributed by atoms with Crippen LogP contribution in [0.3, 0.4) is 0 Å². The summed E-state index contributed by atoms with van der Waals surface area (Å²) >= 11 is 0. The number of amides is 1. The second-order valence-electron chi connectivity index (χ2n) is 3.40. The Balaban J connectivity index is 2.57. The molecule has 1 rings (SSSR count). The fourth-order valence-electron chi connectivity index (χ4n) is 1.55. The van der Waals surface area contributed by atoms with E-state index < -0.39 is 18.0 Å². The topological polar surface area (TPSA) is 63.4 Å². The number of likely N-dealkylation sites (tertiary alicyclic amines) is 1. The van der Waals surface area contributed by atoms with E-state index in [-0.39, 0.29) is 31.8 Å². The highest BCUT2D eigenvalue weighted by atomic mass is 19.4. The third-order valence-electron chi connectivity index (χ3n) is 2.37. The molecule has 0 aliphatic carbocycles. The lowest BCUT2D eigenvalue weighted by molar-refractivity contribution is -0.184. The number of hydrogen-bond acceptors (Lipinski definition) is 3. The quantitative estimate of drug-likeness (QED) is 0.713. The maximum absolute atomic E-state index is 12.0. The molecule has 0 aromatic heterocycles. The Kier molecular flexibility index (Phi) is 3.33. The molecule has 0 saturated carbocycles. The molecule has 0 bridgehead atoms. The fraction of sp³-hybridized carbons (Fsp3) is 0.750. The number of hydrogen-bond donors (Lipinski definition) is 1. The smallest absolute Gasteiger partial charge is 0.334 e. The summed E-state index contributed by atoms with van der Waals surface area (Å²) in [6.07, 6.45) is -4.60. The zero-order valence-corrected chi connectivity index (χ0v) is 7.88. The molecule has 1 saturated heterocycles. The van der Waals surface area contributed by atoms with E-state index in [9.17, 15) is 22.8 Å². The summed E-state index contributed by atoms with van der Waals surface area (Å²) in [6, 6.07) is 0. The second kappa shape index (κ2) is 4.18. The van der Waals surface area contributed by atoms with Gasteiger partial charge < -0.3 is 10.6 Å². The van der Waals surface area contributed by atoms with Gasteiger partial charge in [0.15, 0.2) is 5.78 Å². The zero-order chi connectivity index (χ0) is 11.6. The van der Waals surface area contributed by atoms with Gasteiger partial charge >= 0.3 is 12.1 Å². The molecule has 1 unspecified atom stereocenters. The van der Waals surface area contributed by atoms with Crippen LogP contribution in [0, 0.1) is 5.92 Å². The second-order valence-corrected chi connectivity index (χ2v) is 3.40. The molecule has 0 aromatic rings. The summed E-state index contributed by atoms with van der Waals surface area (Å²) in [5.41, 5.74) is 5.08. The minimum atomic E-state index is -4.86. The van der Waals surface area contributed by atoms with Gasteiger partial charge in [0, 0.05) is 19.0 Å². The first-order valence-electron chi connectivity index (χ1n) is 4.45. The first-order chi connectivity index (χ1) is 6.86. The Morgan fingerprint density at radius 3 is 2.47 bits per heavy atom. The molecule has 15 heavy (non-hydrogen) atoms. The third-order valence-corrected chi connectivity index (χ3v) is 2.37. The standard InChI is InChI=1S/C8H11F3N2O2/c9-8(10,11)7(15)13-2-1-5(4-13)6(14)3-12/h5H,1-4,12H2. The number of nitrogens with zero attached hydrogens (tertiary/aromatic N) is 1. The molecule has 0 aromatic carbocycles. The van der Waals surface area contributed by atoms with Crippen LogP contribution in [0.1, 0.15) is 6.42 Å². The Morgan fingerprint density at radius 2 is 2.00 bits per heavy atom. The van der Waals surface area contributed by atoms with Gasteiger partial charge in [0.25, 0.3) is 0 Å². The molecule has 1 atom stereocenters. The van der Waals surface area contributed by atoms with Gasteiger partial charge in [-0.05, 0) is 6.42 Å². The lowest BCUT2D eigenvalue weighted by atomic mass is 10.0. The lowest BCUT2D eigenvalue weighted by Crippen LogP contribution is -2.40. The zero-order valence-electron chi connectivity index (χ0n) is 7.88. The molecule has 4 nitrogen and oxygen atoms in total. The van der Waals surface area contributed by atoms with Crippen molar-refractivity contribution in [1.29, 1.82) is 0 Å². The number of carbonyl (C=O) groups is 2. The maximum Gasteiger partial charge on any atom is 0.471 e. The average molecular weight is 224 g/mol. The number of rotatable bonds is 2. The van der Waals surface area contributed by atoms with E-state index in [1.807, 2.05) is 0 Å². The van der Waals surface area contributed by atoms with Crippen LogP contribution in [-0.2, 0) is 9.59 Å². The highest BCUT2D eigenvalue weighted by Crippen LogP contribution is 2.24. The van der Waals surface area contributed by atoms with E-state index in [1.54, 1.807) is 0 Å². The molecule has 0 radical (unpaired) electrons. The molecule has 86 valence electrons. The van der Waals surface area contributed by atoms with Crippen LogP contribution in [0.5, 0.6) is 0 Å². The summed E-state index contributed by atoms with van der Waals surface area (Å²) in [5, 5.41) is 0. The highest BCUT2D eigenvalue weighted by molar-refractivity contribution is 5.86. The van der Waals surface area contributed by atoms with E-state index in [1.165, 1.54) is 0 Å². The van der Waals surface area contributed by atoms with Crippen molar-refractivity contribution in [3.05, 3.63) is 0 Å². The average Bonchev–Trinajstić information content (AvgIpc) is 2.62. The summed E-state index contributed by atoms with van der Waals surface area (Å²) in [7, 11) is 0. The van der Waals surface area contributed by atoms with Crippen molar-refractivity contribution in [2.75, 3.05) is 19.6 Å². The summed E-state index contributed by atoms with van der Waals surface area (Å²) in [6.45, 7) is -0.401. The van der Waals surface area contributed by atoms with Crippen molar-refractivity contribution < 1.29 is 22.8 Å². The molecule has 1 aliphatic rings. The van der Waals surface area contributed by atoms with Gasteiger partial charge in [-0.3, -0.25) is 9.59 Å². The van der Waals surface area contributed by atoms with Crippen LogP contribution < -0.4 is 5.73 Å². The minimum Gasteiger partial charge on any atom is -0.334 e. The van der Waals surface area contributed by atoms with E-state index in [0.717, 1.165) is 0 Å². The Hall–Kier alpha value is -1.11. The third kappa shape index (κ3) is 2.68. The lowest BCUT2D eigenvalue weighted by Gasteiger charge is -2.17. The first kappa shape index (κ1) is 12.0. The summed E-state index contributed by atoms with van der Waals surface area (Å²) in [5.74, 6) is -2.72. The van der Waals surface area contributed by atoms with Crippen molar-refractivity contribution in [3.63, 3.8) is 0 Å². The van der Waals surface area contributed by atoms with Crippen molar-refractivity contribution in [2.45, 2.75) is 12.6 Å². The van der Waals surface area contributed by atoms with E-state index in [0.29, 0.717) is 4.90 Å². The fourth-order valence-corrected chi connectivity index (χ4v) is 1.55. The van der Waals surface area contributed by atoms with Crippen molar-refractivity contribution in [3.8, 4) is 0 Å².